The maximum atomic E-state index is 13.0. The van der Waals surface area contributed by atoms with Crippen LogP contribution in [-0.2, 0) is 19.5 Å². The summed E-state index contributed by atoms with van der Waals surface area (Å²) in [6.45, 7) is 4.87. The minimum absolute atomic E-state index is 0.148. The van der Waals surface area contributed by atoms with Crippen molar-refractivity contribution in [3.05, 3.63) is 73.9 Å². The molecule has 0 saturated carbocycles. The first-order valence-corrected chi connectivity index (χ1v) is 10.3. The normalized spacial score (nSPS) is 15.3. The van der Waals surface area contributed by atoms with E-state index in [1.54, 1.807) is 23.0 Å². The number of hydrogen-bond acceptors (Lipinski definition) is 6. The Kier molecular flexibility index (Phi) is 5.49. The number of allylic oxidation sites excluding steroid dienone is 1. The first-order chi connectivity index (χ1) is 14.2. The van der Waals surface area contributed by atoms with Crippen molar-refractivity contribution < 1.29 is 0 Å². The van der Waals surface area contributed by atoms with Crippen LogP contribution in [0.5, 0.6) is 0 Å². The minimum atomic E-state index is -0.148. The van der Waals surface area contributed by atoms with Gasteiger partial charge in [-0.3, -0.25) is 14.3 Å². The third kappa shape index (κ3) is 3.69. The van der Waals surface area contributed by atoms with Crippen molar-refractivity contribution in [3.8, 4) is 6.07 Å². The number of aromatic nitrogens is 5. The van der Waals surface area contributed by atoms with Gasteiger partial charge in [0.2, 0.25) is 0 Å². The van der Waals surface area contributed by atoms with Crippen LogP contribution in [0, 0.1) is 11.3 Å². The lowest BCUT2D eigenvalue weighted by Crippen LogP contribution is -2.32. The van der Waals surface area contributed by atoms with E-state index < -0.39 is 0 Å². The number of aryl methyl sites for hydroxylation is 1. The van der Waals surface area contributed by atoms with Gasteiger partial charge in [-0.2, -0.15) is 5.26 Å². The maximum Gasteiger partial charge on any atom is 0.269 e. The Balaban J connectivity index is 1.99. The molecule has 0 saturated heterocycles. The highest BCUT2D eigenvalue weighted by atomic mass is 32.1. The third-order valence-electron chi connectivity index (χ3n) is 4.88. The standard InChI is InChI=1S/C21H20N6OS/c1-2-11-27-20(28)17(13-15-7-9-23-10-8-15)29-21(27)16(14-22)19-25-24-18-6-4-3-5-12-26(18)19/h2,7-10,13H,1,3-6,11-12H2/b17-13-,21-16+. The van der Waals surface area contributed by atoms with Crippen molar-refractivity contribution >= 4 is 23.0 Å². The molecular formula is C21H20N6OS. The Hall–Kier alpha value is -3.31. The molecule has 0 fully saturated rings. The van der Waals surface area contributed by atoms with Crippen LogP contribution in [0.2, 0.25) is 0 Å². The predicted octanol–water partition coefficient (Wildman–Crippen LogP) is 1.36. The maximum absolute atomic E-state index is 13.0. The number of nitrogens with zero attached hydrogens (tertiary/aromatic N) is 6. The van der Waals surface area contributed by atoms with Gasteiger partial charge in [-0.1, -0.05) is 12.5 Å². The molecule has 146 valence electrons. The van der Waals surface area contributed by atoms with Crippen LogP contribution < -0.4 is 14.8 Å². The lowest BCUT2D eigenvalue weighted by atomic mass is 10.2. The SMILES string of the molecule is C=CCn1c(=O)/c(=C/c2ccncc2)s/c1=C(\C#N)c1nnc2n1CCCCC2. The smallest absolute Gasteiger partial charge is 0.269 e. The largest absolute Gasteiger partial charge is 0.310 e. The number of rotatable bonds is 4. The number of fused-ring (bicyclic) bond motifs is 1. The quantitative estimate of drug-likeness (QED) is 0.613. The summed E-state index contributed by atoms with van der Waals surface area (Å²) < 4.78 is 4.75. The van der Waals surface area contributed by atoms with Crippen LogP contribution >= 0.6 is 11.3 Å². The Labute approximate surface area is 171 Å². The number of thiazole rings is 1. The molecule has 29 heavy (non-hydrogen) atoms. The second kappa shape index (κ2) is 8.37. The lowest BCUT2D eigenvalue weighted by Gasteiger charge is -2.06. The van der Waals surface area contributed by atoms with Crippen molar-refractivity contribution in [2.75, 3.05) is 0 Å². The fourth-order valence-electron chi connectivity index (χ4n) is 3.47. The second-order valence-electron chi connectivity index (χ2n) is 6.79. The molecule has 3 aromatic heterocycles. The minimum Gasteiger partial charge on any atom is -0.310 e. The van der Waals surface area contributed by atoms with E-state index in [2.05, 4.69) is 27.8 Å². The van der Waals surface area contributed by atoms with Crippen LogP contribution in [-0.4, -0.2) is 24.3 Å². The molecule has 1 aliphatic rings. The van der Waals surface area contributed by atoms with Crippen molar-refractivity contribution in [1.29, 1.82) is 5.26 Å². The van der Waals surface area contributed by atoms with Gasteiger partial charge in [0, 0.05) is 31.9 Å². The van der Waals surface area contributed by atoms with Gasteiger partial charge in [-0.15, -0.1) is 28.1 Å². The highest BCUT2D eigenvalue weighted by Gasteiger charge is 2.20. The molecule has 3 aromatic rings. The van der Waals surface area contributed by atoms with Crippen LogP contribution in [0.25, 0.3) is 11.6 Å². The van der Waals surface area contributed by atoms with Crippen LogP contribution in [0.15, 0.2) is 42.0 Å². The molecule has 1 aliphatic heterocycles. The highest BCUT2D eigenvalue weighted by molar-refractivity contribution is 7.07. The number of pyridine rings is 1. The zero-order chi connectivity index (χ0) is 20.2. The molecule has 0 spiro atoms. The molecule has 0 N–H and O–H groups in total. The molecule has 0 unspecified atom stereocenters. The van der Waals surface area contributed by atoms with E-state index >= 15 is 0 Å². The molecule has 0 aromatic carbocycles. The fourth-order valence-corrected chi connectivity index (χ4v) is 4.58. The van der Waals surface area contributed by atoms with Gasteiger partial charge in [0.25, 0.3) is 5.56 Å². The summed E-state index contributed by atoms with van der Waals surface area (Å²) in [5.41, 5.74) is 1.11. The van der Waals surface area contributed by atoms with Crippen LogP contribution in [0.1, 0.15) is 36.5 Å². The van der Waals surface area contributed by atoms with E-state index in [1.807, 2.05) is 22.8 Å². The molecule has 0 bridgehead atoms. The van der Waals surface area contributed by atoms with Crippen molar-refractivity contribution in [2.45, 2.75) is 38.8 Å². The van der Waals surface area contributed by atoms with Gasteiger partial charge in [0.1, 0.15) is 22.1 Å². The average Bonchev–Trinajstić information content (AvgIpc) is 3.16. The molecule has 0 aliphatic carbocycles. The Bertz CT molecular complexity index is 1260. The predicted molar refractivity (Wildman–Crippen MR) is 112 cm³/mol. The molecule has 8 heteroatoms. The third-order valence-corrected chi connectivity index (χ3v) is 6.01. The topological polar surface area (TPSA) is 89.4 Å². The zero-order valence-corrected chi connectivity index (χ0v) is 16.7. The molecule has 0 atom stereocenters. The molecule has 7 nitrogen and oxygen atoms in total. The van der Waals surface area contributed by atoms with E-state index in [-0.39, 0.29) is 5.56 Å². The number of nitriles is 1. The molecule has 4 rings (SSSR count). The Morgan fingerprint density at radius 3 is 2.86 bits per heavy atom. The summed E-state index contributed by atoms with van der Waals surface area (Å²) in [5, 5.41) is 18.6. The first-order valence-electron chi connectivity index (χ1n) is 9.52. The van der Waals surface area contributed by atoms with Gasteiger partial charge in [-0.25, -0.2) is 0 Å². The first kappa shape index (κ1) is 19.0. The van der Waals surface area contributed by atoms with Gasteiger partial charge in [0.05, 0.1) is 4.53 Å². The van der Waals surface area contributed by atoms with E-state index in [0.717, 1.165) is 43.6 Å². The average molecular weight is 404 g/mol. The summed E-state index contributed by atoms with van der Waals surface area (Å²) in [7, 11) is 0. The van der Waals surface area contributed by atoms with E-state index in [0.29, 0.717) is 27.1 Å². The highest BCUT2D eigenvalue weighted by Crippen LogP contribution is 2.18. The van der Waals surface area contributed by atoms with E-state index in [1.165, 1.54) is 11.3 Å². The molecule has 4 heterocycles. The molecular weight excluding hydrogens is 384 g/mol. The van der Waals surface area contributed by atoms with Gasteiger partial charge in [-0.05, 0) is 36.6 Å². The summed E-state index contributed by atoms with van der Waals surface area (Å²) in [4.78, 5) is 17.0. The van der Waals surface area contributed by atoms with E-state index in [9.17, 15) is 10.1 Å². The van der Waals surface area contributed by atoms with E-state index in [4.69, 9.17) is 0 Å². The van der Waals surface area contributed by atoms with Crippen molar-refractivity contribution in [3.63, 3.8) is 0 Å². The summed E-state index contributed by atoms with van der Waals surface area (Å²) in [6.07, 6.45) is 10.9. The van der Waals surface area contributed by atoms with Gasteiger partial charge in [0.15, 0.2) is 5.82 Å². The summed E-state index contributed by atoms with van der Waals surface area (Å²) >= 11 is 1.29. The second-order valence-corrected chi connectivity index (χ2v) is 7.82. The van der Waals surface area contributed by atoms with Crippen molar-refractivity contribution in [1.82, 2.24) is 24.3 Å². The zero-order valence-electron chi connectivity index (χ0n) is 15.9. The van der Waals surface area contributed by atoms with Gasteiger partial charge < -0.3 is 4.57 Å². The van der Waals surface area contributed by atoms with Gasteiger partial charge >= 0.3 is 0 Å². The van der Waals surface area contributed by atoms with Crippen molar-refractivity contribution in [2.24, 2.45) is 0 Å². The Morgan fingerprint density at radius 2 is 2.10 bits per heavy atom. The fraction of sp³-hybridized carbons (Fsp3) is 0.286. The molecule has 0 radical (unpaired) electrons. The molecule has 0 amide bonds. The summed E-state index contributed by atoms with van der Waals surface area (Å²) in [5.74, 6) is 1.45. The monoisotopic (exact) mass is 404 g/mol. The summed E-state index contributed by atoms with van der Waals surface area (Å²) in [6, 6.07) is 5.95. The number of hydrogen-bond donors (Lipinski definition) is 0. The Morgan fingerprint density at radius 1 is 1.28 bits per heavy atom. The van der Waals surface area contributed by atoms with Crippen LogP contribution in [0.4, 0.5) is 0 Å². The lowest BCUT2D eigenvalue weighted by molar-refractivity contribution is 0.626. The van der Waals surface area contributed by atoms with Crippen LogP contribution in [0.3, 0.4) is 0 Å².